The minimum Gasteiger partial charge on any atom is -0.486 e. The van der Waals surface area contributed by atoms with Gasteiger partial charge < -0.3 is 4.74 Å². The topological polar surface area (TPSA) is 13.1 Å². The van der Waals surface area contributed by atoms with Crippen LogP contribution in [0.15, 0.2) is 66.9 Å². The minimum absolute atomic E-state index is 0.0441. The van der Waals surface area contributed by atoms with E-state index in [1.54, 1.807) is 0 Å². The number of aryl methyl sites for hydroxylation is 1. The average Bonchev–Trinajstić information content (AvgIpc) is 2.49. The normalized spacial score (nSPS) is 12.3. The lowest BCUT2D eigenvalue weighted by atomic mass is 10.1. The van der Waals surface area contributed by atoms with Gasteiger partial charge in [0.15, 0.2) is 6.20 Å². The molecule has 0 unspecified atom stereocenters. The SMILES string of the molecule is C[C@@H](Oc1ccc2ccc[n+](C)c2c1)c1ccccc1. The second-order valence-electron chi connectivity index (χ2n) is 5.01. The zero-order chi connectivity index (χ0) is 13.9. The molecule has 20 heavy (non-hydrogen) atoms. The lowest BCUT2D eigenvalue weighted by Gasteiger charge is -2.15. The van der Waals surface area contributed by atoms with E-state index in [1.165, 1.54) is 16.5 Å². The Morgan fingerprint density at radius 3 is 2.55 bits per heavy atom. The first-order valence-corrected chi connectivity index (χ1v) is 6.84. The first kappa shape index (κ1) is 12.7. The van der Waals surface area contributed by atoms with Gasteiger partial charge in [-0.15, -0.1) is 0 Å². The molecule has 3 rings (SSSR count). The van der Waals surface area contributed by atoms with Crippen molar-refractivity contribution in [1.29, 1.82) is 0 Å². The summed E-state index contributed by atoms with van der Waals surface area (Å²) in [5, 5.41) is 1.22. The highest BCUT2D eigenvalue weighted by atomic mass is 16.5. The zero-order valence-corrected chi connectivity index (χ0v) is 11.8. The molecule has 0 saturated heterocycles. The van der Waals surface area contributed by atoms with E-state index in [-0.39, 0.29) is 6.10 Å². The Morgan fingerprint density at radius 2 is 1.75 bits per heavy atom. The Labute approximate surface area is 119 Å². The summed E-state index contributed by atoms with van der Waals surface area (Å²) >= 11 is 0. The molecule has 1 heterocycles. The third-order valence-corrected chi connectivity index (χ3v) is 3.55. The van der Waals surface area contributed by atoms with E-state index >= 15 is 0 Å². The summed E-state index contributed by atoms with van der Waals surface area (Å²) in [7, 11) is 2.05. The largest absolute Gasteiger partial charge is 0.486 e. The summed E-state index contributed by atoms with van der Waals surface area (Å²) in [5.74, 6) is 0.899. The molecular weight excluding hydrogens is 246 g/mol. The lowest BCUT2D eigenvalue weighted by molar-refractivity contribution is -0.644. The Bertz CT molecular complexity index is 722. The van der Waals surface area contributed by atoms with Crippen molar-refractivity contribution in [2.75, 3.05) is 0 Å². The van der Waals surface area contributed by atoms with Crippen molar-refractivity contribution in [3.05, 3.63) is 72.4 Å². The van der Waals surface area contributed by atoms with Crippen LogP contribution in [0.3, 0.4) is 0 Å². The predicted octanol–water partition coefficient (Wildman–Crippen LogP) is 3.80. The van der Waals surface area contributed by atoms with Gasteiger partial charge in [-0.3, -0.25) is 0 Å². The summed E-state index contributed by atoms with van der Waals surface area (Å²) in [6, 6.07) is 20.7. The molecule has 0 radical (unpaired) electrons. The smallest absolute Gasteiger partial charge is 0.215 e. The van der Waals surface area contributed by atoms with Gasteiger partial charge in [0.05, 0.1) is 6.07 Å². The number of rotatable bonds is 3. The maximum atomic E-state index is 6.05. The number of fused-ring (bicyclic) bond motifs is 1. The van der Waals surface area contributed by atoms with Crippen LogP contribution in [0, 0.1) is 0 Å². The molecule has 0 saturated carbocycles. The molecule has 2 nitrogen and oxygen atoms in total. The predicted molar refractivity (Wildman–Crippen MR) is 80.6 cm³/mol. The van der Waals surface area contributed by atoms with Crippen molar-refractivity contribution < 1.29 is 9.30 Å². The first-order valence-electron chi connectivity index (χ1n) is 6.84. The monoisotopic (exact) mass is 264 g/mol. The van der Waals surface area contributed by atoms with Crippen molar-refractivity contribution in [2.45, 2.75) is 13.0 Å². The van der Waals surface area contributed by atoms with Gasteiger partial charge in [-0.05, 0) is 30.7 Å². The number of aromatic nitrogens is 1. The number of pyridine rings is 1. The quantitative estimate of drug-likeness (QED) is 0.656. The second-order valence-corrected chi connectivity index (χ2v) is 5.01. The van der Waals surface area contributed by atoms with E-state index in [4.69, 9.17) is 4.74 Å². The number of benzene rings is 2. The molecule has 1 atom stereocenters. The van der Waals surface area contributed by atoms with Crippen molar-refractivity contribution in [3.8, 4) is 5.75 Å². The van der Waals surface area contributed by atoms with Crippen LogP contribution in [0.25, 0.3) is 10.9 Å². The number of ether oxygens (including phenoxy) is 1. The lowest BCUT2D eigenvalue weighted by Crippen LogP contribution is -2.27. The Hall–Kier alpha value is -2.35. The fourth-order valence-electron chi connectivity index (χ4n) is 2.40. The van der Waals surface area contributed by atoms with Crippen molar-refractivity contribution >= 4 is 10.9 Å². The van der Waals surface area contributed by atoms with Crippen molar-refractivity contribution in [3.63, 3.8) is 0 Å². The van der Waals surface area contributed by atoms with E-state index in [2.05, 4.69) is 47.9 Å². The molecule has 1 aromatic heterocycles. The number of hydrogen-bond donors (Lipinski definition) is 0. The highest BCUT2D eigenvalue weighted by Gasteiger charge is 2.10. The molecule has 0 aliphatic carbocycles. The van der Waals surface area contributed by atoms with Crippen LogP contribution in [0.4, 0.5) is 0 Å². The molecule has 2 heteroatoms. The van der Waals surface area contributed by atoms with Crippen LogP contribution in [0.5, 0.6) is 5.75 Å². The molecule has 0 bridgehead atoms. The van der Waals surface area contributed by atoms with Gasteiger partial charge >= 0.3 is 0 Å². The summed E-state index contributed by atoms with van der Waals surface area (Å²) in [6.45, 7) is 2.07. The van der Waals surface area contributed by atoms with Crippen LogP contribution < -0.4 is 9.30 Å². The molecule has 0 aliphatic heterocycles. The molecule has 0 amide bonds. The van der Waals surface area contributed by atoms with Crippen LogP contribution in [0.2, 0.25) is 0 Å². The summed E-state index contributed by atoms with van der Waals surface area (Å²) < 4.78 is 8.16. The molecule has 0 aliphatic rings. The molecule has 0 fully saturated rings. The van der Waals surface area contributed by atoms with E-state index in [9.17, 15) is 0 Å². The van der Waals surface area contributed by atoms with Crippen molar-refractivity contribution in [2.24, 2.45) is 7.05 Å². The summed E-state index contributed by atoms with van der Waals surface area (Å²) in [6.07, 6.45) is 2.09. The highest BCUT2D eigenvalue weighted by Crippen LogP contribution is 2.24. The van der Waals surface area contributed by atoms with Crippen LogP contribution in [0.1, 0.15) is 18.6 Å². The molecule has 2 aromatic carbocycles. The van der Waals surface area contributed by atoms with Gasteiger partial charge in [-0.25, -0.2) is 4.57 Å². The maximum Gasteiger partial charge on any atom is 0.215 e. The second kappa shape index (κ2) is 5.33. The van der Waals surface area contributed by atoms with Gasteiger partial charge in [-0.1, -0.05) is 30.3 Å². The molecule has 0 N–H and O–H groups in total. The van der Waals surface area contributed by atoms with Gasteiger partial charge in [-0.2, -0.15) is 0 Å². The maximum absolute atomic E-state index is 6.05. The Balaban J connectivity index is 1.90. The Morgan fingerprint density at radius 1 is 0.950 bits per heavy atom. The van der Waals surface area contributed by atoms with Gasteiger partial charge in [0, 0.05) is 11.5 Å². The average molecular weight is 264 g/mol. The van der Waals surface area contributed by atoms with Crippen LogP contribution in [-0.2, 0) is 7.05 Å². The third kappa shape index (κ3) is 2.50. The zero-order valence-electron chi connectivity index (χ0n) is 11.8. The van der Waals surface area contributed by atoms with Gasteiger partial charge in [0.25, 0.3) is 0 Å². The molecule has 0 spiro atoms. The summed E-state index contributed by atoms with van der Waals surface area (Å²) in [5.41, 5.74) is 2.36. The van der Waals surface area contributed by atoms with Crippen molar-refractivity contribution in [1.82, 2.24) is 0 Å². The van der Waals surface area contributed by atoms with E-state index < -0.39 is 0 Å². The standard InChI is InChI=1S/C18H18NO/c1-14(15-7-4-3-5-8-15)20-17-11-10-16-9-6-12-19(2)18(16)13-17/h3-14H,1-2H3/q+1/t14-/m1/s1. The summed E-state index contributed by atoms with van der Waals surface area (Å²) in [4.78, 5) is 0. The van der Waals surface area contributed by atoms with Crippen LogP contribution in [-0.4, -0.2) is 0 Å². The van der Waals surface area contributed by atoms with Crippen LogP contribution >= 0.6 is 0 Å². The van der Waals surface area contributed by atoms with Gasteiger partial charge in [0.1, 0.15) is 18.9 Å². The molecular formula is C18H18NO+. The first-order chi connectivity index (χ1) is 9.74. The minimum atomic E-state index is 0.0441. The van der Waals surface area contributed by atoms with E-state index in [1.807, 2.05) is 37.5 Å². The fraction of sp³-hybridized carbons (Fsp3) is 0.167. The third-order valence-electron chi connectivity index (χ3n) is 3.55. The highest BCUT2D eigenvalue weighted by molar-refractivity contribution is 5.76. The molecule has 3 aromatic rings. The fourth-order valence-corrected chi connectivity index (χ4v) is 2.40. The van der Waals surface area contributed by atoms with Gasteiger partial charge in [0.2, 0.25) is 5.52 Å². The molecule has 100 valence electrons. The Kier molecular flexibility index (Phi) is 3.38. The number of nitrogens with zero attached hydrogens (tertiary/aromatic N) is 1. The van der Waals surface area contributed by atoms with E-state index in [0.717, 1.165) is 5.75 Å². The number of hydrogen-bond acceptors (Lipinski definition) is 1. The van der Waals surface area contributed by atoms with E-state index in [0.29, 0.717) is 0 Å².